The van der Waals surface area contributed by atoms with Crippen LogP contribution in [0, 0.1) is 17.3 Å². The molecule has 6 heteroatoms. The van der Waals surface area contributed by atoms with Crippen LogP contribution in [0.15, 0.2) is 0 Å². The van der Waals surface area contributed by atoms with Crippen molar-refractivity contribution in [3.05, 3.63) is 0 Å². The average molecular weight is 353 g/mol. The third-order valence-electron chi connectivity index (χ3n) is 6.34. The minimum Gasteiger partial charge on any atom is -0.481 e. The molecule has 1 saturated carbocycles. The third-order valence-corrected chi connectivity index (χ3v) is 6.34. The lowest BCUT2D eigenvalue weighted by atomic mass is 9.74. The molecule has 1 aliphatic carbocycles. The second-order valence-electron chi connectivity index (χ2n) is 8.13. The fraction of sp³-hybridized carbons (Fsp3) is 0.895. The fourth-order valence-corrected chi connectivity index (χ4v) is 4.73. The molecule has 2 saturated heterocycles. The Balaban J connectivity index is 1.66. The molecule has 0 spiro atoms. The number of carboxylic acids is 1. The van der Waals surface area contributed by atoms with Crippen LogP contribution in [-0.2, 0) is 19.1 Å². The van der Waals surface area contributed by atoms with E-state index in [-0.39, 0.29) is 24.5 Å². The van der Waals surface area contributed by atoms with Gasteiger partial charge in [-0.05, 0) is 31.6 Å². The molecule has 0 radical (unpaired) electrons. The van der Waals surface area contributed by atoms with E-state index in [4.69, 9.17) is 9.47 Å². The Morgan fingerprint density at radius 2 is 2.20 bits per heavy atom. The zero-order chi connectivity index (χ0) is 18.0. The summed E-state index contributed by atoms with van der Waals surface area (Å²) in [4.78, 5) is 26.6. The van der Waals surface area contributed by atoms with Gasteiger partial charge in [0.05, 0.1) is 18.1 Å². The summed E-state index contributed by atoms with van der Waals surface area (Å²) < 4.78 is 11.6. The molecular weight excluding hydrogens is 322 g/mol. The zero-order valence-electron chi connectivity index (χ0n) is 15.4. The first-order chi connectivity index (χ1) is 12.0. The quantitative estimate of drug-likeness (QED) is 0.821. The van der Waals surface area contributed by atoms with Crippen LogP contribution in [0.2, 0.25) is 0 Å². The lowest BCUT2D eigenvalue weighted by Crippen LogP contribution is -2.46. The number of hydrogen-bond donors (Lipinski definition) is 1. The van der Waals surface area contributed by atoms with E-state index < -0.39 is 17.5 Å². The summed E-state index contributed by atoms with van der Waals surface area (Å²) in [5, 5.41) is 9.76. The Morgan fingerprint density at radius 3 is 2.84 bits per heavy atom. The summed E-state index contributed by atoms with van der Waals surface area (Å²) in [5.74, 6) is -0.315. The molecule has 3 fully saturated rings. The molecular formula is C19H31NO5. The van der Waals surface area contributed by atoms with Crippen LogP contribution in [0.1, 0.15) is 52.4 Å². The molecule has 0 aromatic rings. The number of carbonyl (C=O) groups excluding carboxylic acids is 1. The van der Waals surface area contributed by atoms with Gasteiger partial charge in [-0.1, -0.05) is 26.7 Å². The standard InChI is InChI=1S/C19H31NO5/c1-3-16(25-15-6-4-5-13(2)9-15)17(21)20-10-14-11-24-8-7-19(14,12-20)18(22)23/h13-16H,3-12H2,1-2H3,(H,22,23)/t13?,14-,15?,16?,19+/m0/s1. The van der Waals surface area contributed by atoms with Crippen LogP contribution in [0.3, 0.4) is 0 Å². The van der Waals surface area contributed by atoms with Crippen molar-refractivity contribution >= 4 is 11.9 Å². The molecule has 1 N–H and O–H groups in total. The summed E-state index contributed by atoms with van der Waals surface area (Å²) in [6.07, 6.45) is 5.22. The lowest BCUT2D eigenvalue weighted by Gasteiger charge is -2.34. The van der Waals surface area contributed by atoms with Crippen molar-refractivity contribution in [1.82, 2.24) is 4.90 Å². The van der Waals surface area contributed by atoms with Crippen LogP contribution < -0.4 is 0 Å². The molecule has 6 nitrogen and oxygen atoms in total. The molecule has 3 unspecified atom stereocenters. The number of nitrogens with zero attached hydrogens (tertiary/aromatic N) is 1. The number of fused-ring (bicyclic) bond motifs is 1. The van der Waals surface area contributed by atoms with Crippen molar-refractivity contribution in [2.24, 2.45) is 17.3 Å². The minimum absolute atomic E-state index is 0.0456. The molecule has 0 aromatic carbocycles. The number of carbonyl (C=O) groups is 2. The van der Waals surface area contributed by atoms with Crippen LogP contribution in [0.5, 0.6) is 0 Å². The van der Waals surface area contributed by atoms with E-state index in [1.54, 1.807) is 4.90 Å². The normalized spacial score (nSPS) is 36.7. The predicted octanol–water partition coefficient (Wildman–Crippen LogP) is 2.31. The summed E-state index contributed by atoms with van der Waals surface area (Å²) in [7, 11) is 0. The Bertz CT molecular complexity index is 510. The van der Waals surface area contributed by atoms with Crippen molar-refractivity contribution in [2.45, 2.75) is 64.6 Å². The largest absolute Gasteiger partial charge is 0.481 e. The van der Waals surface area contributed by atoms with E-state index in [1.807, 2.05) is 6.92 Å². The highest BCUT2D eigenvalue weighted by molar-refractivity contribution is 5.84. The second-order valence-corrected chi connectivity index (χ2v) is 8.13. The van der Waals surface area contributed by atoms with Crippen LogP contribution >= 0.6 is 0 Å². The van der Waals surface area contributed by atoms with Gasteiger partial charge < -0.3 is 19.5 Å². The first-order valence-electron chi connectivity index (χ1n) is 9.71. The van der Waals surface area contributed by atoms with Crippen LogP contribution in [0.25, 0.3) is 0 Å². The van der Waals surface area contributed by atoms with Gasteiger partial charge in [0.25, 0.3) is 5.91 Å². The number of carboxylic acid groups (broad SMARTS) is 1. The molecule has 5 atom stereocenters. The van der Waals surface area contributed by atoms with Crippen molar-refractivity contribution in [3.8, 4) is 0 Å². The van der Waals surface area contributed by atoms with Gasteiger partial charge in [0.1, 0.15) is 6.10 Å². The maximum Gasteiger partial charge on any atom is 0.311 e. The maximum atomic E-state index is 13.0. The van der Waals surface area contributed by atoms with Crippen molar-refractivity contribution < 1.29 is 24.2 Å². The Morgan fingerprint density at radius 1 is 1.40 bits per heavy atom. The van der Waals surface area contributed by atoms with Crippen LogP contribution in [-0.4, -0.2) is 60.4 Å². The van der Waals surface area contributed by atoms with Gasteiger partial charge in [0, 0.05) is 25.6 Å². The highest BCUT2D eigenvalue weighted by Crippen LogP contribution is 2.43. The molecule has 1 amide bonds. The SMILES string of the molecule is CCC(OC1CCCC(C)C1)C(=O)N1C[C@H]2COCC[C@@]2(C(=O)O)C1. The summed E-state index contributed by atoms with van der Waals surface area (Å²) >= 11 is 0. The topological polar surface area (TPSA) is 76.1 Å². The Kier molecular flexibility index (Phi) is 5.68. The van der Waals surface area contributed by atoms with Gasteiger partial charge in [0.2, 0.25) is 0 Å². The predicted molar refractivity (Wildman–Crippen MR) is 92.2 cm³/mol. The Hall–Kier alpha value is -1.14. The van der Waals surface area contributed by atoms with Gasteiger partial charge in [-0.15, -0.1) is 0 Å². The third kappa shape index (κ3) is 3.70. The molecule has 3 aliphatic rings. The number of hydrogen-bond acceptors (Lipinski definition) is 4. The molecule has 2 heterocycles. The number of likely N-dealkylation sites (tertiary alicyclic amines) is 1. The number of amides is 1. The minimum atomic E-state index is -0.842. The highest BCUT2D eigenvalue weighted by atomic mass is 16.5. The molecule has 2 aliphatic heterocycles. The summed E-state index contributed by atoms with van der Waals surface area (Å²) in [6.45, 7) is 5.84. The number of aliphatic carboxylic acids is 1. The summed E-state index contributed by atoms with van der Waals surface area (Å²) in [5.41, 5.74) is -0.842. The molecule has 3 rings (SSSR count). The van der Waals surface area contributed by atoms with Gasteiger partial charge in [-0.3, -0.25) is 9.59 Å². The first kappa shape index (κ1) is 18.6. The van der Waals surface area contributed by atoms with Gasteiger partial charge in [0.15, 0.2) is 0 Å². The molecule has 25 heavy (non-hydrogen) atoms. The van der Waals surface area contributed by atoms with E-state index in [1.165, 1.54) is 6.42 Å². The Labute approximate surface area is 149 Å². The fourth-order valence-electron chi connectivity index (χ4n) is 4.73. The number of ether oxygens (including phenoxy) is 2. The van der Waals surface area contributed by atoms with E-state index in [0.717, 1.165) is 19.3 Å². The van der Waals surface area contributed by atoms with Crippen molar-refractivity contribution in [3.63, 3.8) is 0 Å². The average Bonchev–Trinajstić information content (AvgIpc) is 3.00. The van der Waals surface area contributed by atoms with Crippen molar-refractivity contribution in [2.75, 3.05) is 26.3 Å². The maximum absolute atomic E-state index is 13.0. The van der Waals surface area contributed by atoms with E-state index in [0.29, 0.717) is 38.5 Å². The molecule has 142 valence electrons. The highest BCUT2D eigenvalue weighted by Gasteiger charge is 2.55. The molecule has 0 aromatic heterocycles. The van der Waals surface area contributed by atoms with Crippen LogP contribution in [0.4, 0.5) is 0 Å². The first-order valence-corrected chi connectivity index (χ1v) is 9.71. The van der Waals surface area contributed by atoms with Gasteiger partial charge >= 0.3 is 5.97 Å². The smallest absolute Gasteiger partial charge is 0.311 e. The van der Waals surface area contributed by atoms with Crippen molar-refractivity contribution in [1.29, 1.82) is 0 Å². The lowest BCUT2D eigenvalue weighted by molar-refractivity contribution is -0.158. The monoisotopic (exact) mass is 353 g/mol. The summed E-state index contributed by atoms with van der Waals surface area (Å²) in [6, 6.07) is 0. The zero-order valence-corrected chi connectivity index (χ0v) is 15.4. The van der Waals surface area contributed by atoms with E-state index in [2.05, 4.69) is 6.92 Å². The second kappa shape index (κ2) is 7.62. The van der Waals surface area contributed by atoms with E-state index in [9.17, 15) is 14.7 Å². The number of rotatable bonds is 5. The van der Waals surface area contributed by atoms with Gasteiger partial charge in [-0.25, -0.2) is 0 Å². The van der Waals surface area contributed by atoms with Gasteiger partial charge in [-0.2, -0.15) is 0 Å². The van der Waals surface area contributed by atoms with E-state index >= 15 is 0 Å². The molecule has 0 bridgehead atoms.